The highest BCUT2D eigenvalue weighted by Gasteiger charge is 2.46. The van der Waals surface area contributed by atoms with Gasteiger partial charge in [-0.2, -0.15) is 5.10 Å². The van der Waals surface area contributed by atoms with E-state index in [1.807, 2.05) is 11.6 Å². The monoisotopic (exact) mass is 366 g/mol. The number of nitrogens with zero attached hydrogens (tertiary/aromatic N) is 3. The first kappa shape index (κ1) is 18.2. The van der Waals surface area contributed by atoms with Crippen LogP contribution in [0.1, 0.15) is 48.7 Å². The van der Waals surface area contributed by atoms with Gasteiger partial charge in [-0.1, -0.05) is 30.3 Å². The average molecular weight is 367 g/mol. The molecule has 3 atom stereocenters. The Morgan fingerprint density at radius 1 is 1.26 bits per heavy atom. The van der Waals surface area contributed by atoms with E-state index in [2.05, 4.69) is 58.6 Å². The molecule has 144 valence electrons. The molecule has 1 N–H and O–H groups in total. The zero-order chi connectivity index (χ0) is 18.8. The Balaban J connectivity index is 1.32. The molecule has 2 aromatic rings. The van der Waals surface area contributed by atoms with Crippen molar-refractivity contribution < 1.29 is 4.79 Å². The fraction of sp³-hybridized carbons (Fsp3) is 0.545. The van der Waals surface area contributed by atoms with E-state index in [0.29, 0.717) is 12.1 Å². The molecule has 0 bridgehead atoms. The zero-order valence-electron chi connectivity index (χ0n) is 16.4. The maximum Gasteiger partial charge on any atom is 0.224 e. The lowest BCUT2D eigenvalue weighted by Crippen LogP contribution is -2.38. The Labute approximate surface area is 161 Å². The molecule has 27 heavy (non-hydrogen) atoms. The number of fused-ring (bicyclic) bond motifs is 1. The molecule has 0 radical (unpaired) electrons. The number of nitrogens with one attached hydrogen (secondary N) is 1. The maximum absolute atomic E-state index is 12.9. The highest BCUT2D eigenvalue weighted by atomic mass is 16.2. The molecule has 0 aliphatic carbocycles. The van der Waals surface area contributed by atoms with Gasteiger partial charge in [0.1, 0.15) is 0 Å². The second kappa shape index (κ2) is 7.85. The van der Waals surface area contributed by atoms with Crippen LogP contribution in [0.4, 0.5) is 0 Å². The number of hydrogen-bond donors (Lipinski definition) is 1. The summed E-state index contributed by atoms with van der Waals surface area (Å²) in [5, 5.41) is 7.69. The van der Waals surface area contributed by atoms with Crippen LogP contribution < -0.4 is 5.32 Å². The predicted octanol–water partition coefficient (Wildman–Crippen LogP) is 3.23. The van der Waals surface area contributed by atoms with E-state index in [1.165, 1.54) is 17.7 Å². The quantitative estimate of drug-likeness (QED) is 0.799. The Bertz CT molecular complexity index is 785. The van der Waals surface area contributed by atoms with Crippen molar-refractivity contribution >= 4 is 5.91 Å². The molecule has 3 heterocycles. The Hall–Kier alpha value is -2.14. The molecule has 0 unspecified atom stereocenters. The van der Waals surface area contributed by atoms with Crippen molar-refractivity contribution in [3.8, 4) is 0 Å². The van der Waals surface area contributed by atoms with Crippen LogP contribution in [-0.4, -0.2) is 39.7 Å². The van der Waals surface area contributed by atoms with E-state index in [0.717, 1.165) is 44.6 Å². The summed E-state index contributed by atoms with van der Waals surface area (Å²) in [4.78, 5) is 15.5. The standard InChI is InChI=1S/C22H30N4O/c1-16-14-17(2)26(24-16)13-7-11-23-22(27)19-15-21(18-8-4-3-5-9-18)25-12-6-10-20(19)25/h3-5,8-9,14,19-21H,6-7,10-13,15H2,1-2H3,(H,23,27)/t19-,20+,21-/m0/s1. The first-order chi connectivity index (χ1) is 13.1. The molecule has 2 aliphatic rings. The number of hydrogen-bond acceptors (Lipinski definition) is 3. The number of amides is 1. The van der Waals surface area contributed by atoms with Gasteiger partial charge in [0.25, 0.3) is 0 Å². The van der Waals surface area contributed by atoms with Crippen LogP contribution in [0.15, 0.2) is 36.4 Å². The first-order valence-electron chi connectivity index (χ1n) is 10.2. The molecule has 2 fully saturated rings. The van der Waals surface area contributed by atoms with E-state index >= 15 is 0 Å². The summed E-state index contributed by atoms with van der Waals surface area (Å²) in [5.41, 5.74) is 3.59. The number of benzene rings is 1. The number of aryl methyl sites for hydroxylation is 3. The SMILES string of the molecule is Cc1cc(C)n(CCCNC(=O)[C@H]2C[C@@H](c3ccccc3)N3CCC[C@H]23)n1. The largest absolute Gasteiger partial charge is 0.356 e. The van der Waals surface area contributed by atoms with Gasteiger partial charge in [-0.3, -0.25) is 14.4 Å². The maximum atomic E-state index is 12.9. The molecule has 2 saturated heterocycles. The third-order valence-electron chi connectivity index (χ3n) is 6.15. The van der Waals surface area contributed by atoms with Crippen molar-refractivity contribution in [3.05, 3.63) is 53.3 Å². The molecule has 1 amide bonds. The minimum Gasteiger partial charge on any atom is -0.356 e. The summed E-state index contributed by atoms with van der Waals surface area (Å²) >= 11 is 0. The van der Waals surface area contributed by atoms with Crippen LogP contribution in [0.2, 0.25) is 0 Å². The normalized spacial score (nSPS) is 24.9. The fourth-order valence-corrected chi connectivity index (χ4v) is 4.92. The Morgan fingerprint density at radius 2 is 2.07 bits per heavy atom. The van der Waals surface area contributed by atoms with Crippen molar-refractivity contribution in [3.63, 3.8) is 0 Å². The summed E-state index contributed by atoms with van der Waals surface area (Å²) in [6.07, 6.45) is 4.21. The lowest BCUT2D eigenvalue weighted by molar-refractivity contribution is -0.125. The minimum atomic E-state index is 0.117. The summed E-state index contributed by atoms with van der Waals surface area (Å²) in [6.45, 7) is 6.78. The topological polar surface area (TPSA) is 50.2 Å². The molecule has 2 aliphatic heterocycles. The zero-order valence-corrected chi connectivity index (χ0v) is 16.4. The molecule has 1 aromatic heterocycles. The van der Waals surface area contributed by atoms with Crippen molar-refractivity contribution in [2.24, 2.45) is 5.92 Å². The van der Waals surface area contributed by atoms with E-state index in [4.69, 9.17) is 0 Å². The fourth-order valence-electron chi connectivity index (χ4n) is 4.92. The minimum absolute atomic E-state index is 0.117. The van der Waals surface area contributed by atoms with Crippen LogP contribution in [0.3, 0.4) is 0 Å². The lowest BCUT2D eigenvalue weighted by atomic mass is 9.93. The number of rotatable bonds is 6. The van der Waals surface area contributed by atoms with Crippen molar-refractivity contribution in [1.82, 2.24) is 20.0 Å². The summed E-state index contributed by atoms with van der Waals surface area (Å²) in [6, 6.07) is 13.6. The van der Waals surface area contributed by atoms with E-state index < -0.39 is 0 Å². The van der Waals surface area contributed by atoms with Gasteiger partial charge in [-0.15, -0.1) is 0 Å². The molecule has 1 aromatic carbocycles. The number of aromatic nitrogens is 2. The predicted molar refractivity (Wildman–Crippen MR) is 106 cm³/mol. The summed E-state index contributed by atoms with van der Waals surface area (Å²) in [7, 11) is 0. The molecule has 0 saturated carbocycles. The molecular formula is C22H30N4O. The van der Waals surface area contributed by atoms with Gasteiger partial charge in [0.05, 0.1) is 11.6 Å². The third kappa shape index (κ3) is 3.79. The van der Waals surface area contributed by atoms with Gasteiger partial charge in [-0.25, -0.2) is 0 Å². The van der Waals surface area contributed by atoms with Crippen LogP contribution in [0, 0.1) is 19.8 Å². The average Bonchev–Trinajstić information content (AvgIpc) is 3.34. The Morgan fingerprint density at radius 3 is 2.81 bits per heavy atom. The van der Waals surface area contributed by atoms with Crippen molar-refractivity contribution in [2.45, 2.75) is 58.2 Å². The highest BCUT2D eigenvalue weighted by molar-refractivity contribution is 5.80. The van der Waals surface area contributed by atoms with Crippen LogP contribution in [-0.2, 0) is 11.3 Å². The van der Waals surface area contributed by atoms with Crippen molar-refractivity contribution in [1.29, 1.82) is 0 Å². The van der Waals surface area contributed by atoms with E-state index in [-0.39, 0.29) is 11.8 Å². The van der Waals surface area contributed by atoms with Crippen LogP contribution in [0.25, 0.3) is 0 Å². The van der Waals surface area contributed by atoms with Gasteiger partial charge >= 0.3 is 0 Å². The molecule has 5 nitrogen and oxygen atoms in total. The molecule has 5 heteroatoms. The first-order valence-corrected chi connectivity index (χ1v) is 10.2. The van der Waals surface area contributed by atoms with E-state index in [1.54, 1.807) is 0 Å². The molecule has 0 spiro atoms. The van der Waals surface area contributed by atoms with E-state index in [9.17, 15) is 4.79 Å². The second-order valence-electron chi connectivity index (χ2n) is 8.01. The number of carbonyl (C=O) groups is 1. The van der Waals surface area contributed by atoms with Gasteiger partial charge in [0.15, 0.2) is 0 Å². The lowest BCUT2D eigenvalue weighted by Gasteiger charge is -2.24. The highest BCUT2D eigenvalue weighted by Crippen LogP contribution is 2.44. The van der Waals surface area contributed by atoms with Gasteiger partial charge < -0.3 is 5.32 Å². The van der Waals surface area contributed by atoms with Gasteiger partial charge in [0, 0.05) is 30.9 Å². The molecular weight excluding hydrogens is 336 g/mol. The van der Waals surface area contributed by atoms with Crippen LogP contribution >= 0.6 is 0 Å². The van der Waals surface area contributed by atoms with Gasteiger partial charge in [0.2, 0.25) is 5.91 Å². The Kier molecular flexibility index (Phi) is 5.30. The second-order valence-corrected chi connectivity index (χ2v) is 8.01. The third-order valence-corrected chi connectivity index (χ3v) is 6.15. The van der Waals surface area contributed by atoms with Gasteiger partial charge in [-0.05, 0) is 57.7 Å². The van der Waals surface area contributed by atoms with Crippen molar-refractivity contribution in [2.75, 3.05) is 13.1 Å². The summed E-state index contributed by atoms with van der Waals surface area (Å²) < 4.78 is 2.03. The smallest absolute Gasteiger partial charge is 0.224 e. The summed E-state index contributed by atoms with van der Waals surface area (Å²) in [5.74, 6) is 0.352. The number of carbonyl (C=O) groups excluding carboxylic acids is 1. The molecule has 4 rings (SSSR count). The van der Waals surface area contributed by atoms with Crippen LogP contribution in [0.5, 0.6) is 0 Å².